The molecular weight excluding hydrogens is 290 g/mol. The van der Waals surface area contributed by atoms with E-state index in [2.05, 4.69) is 57.1 Å². The van der Waals surface area contributed by atoms with Crippen molar-refractivity contribution in [2.24, 2.45) is 0 Å². The van der Waals surface area contributed by atoms with Crippen molar-refractivity contribution in [3.63, 3.8) is 0 Å². The maximum atomic E-state index is 3.51. The molecule has 0 aromatic carbocycles. The zero-order valence-corrected chi connectivity index (χ0v) is 11.6. The molecule has 0 fully saturated rings. The van der Waals surface area contributed by atoms with Crippen LogP contribution < -0.4 is 5.32 Å². The summed E-state index contributed by atoms with van der Waals surface area (Å²) in [6.45, 7) is 3.13. The van der Waals surface area contributed by atoms with Gasteiger partial charge in [0.25, 0.3) is 0 Å². The first kappa shape index (κ1) is 11.3. The third-order valence-corrected chi connectivity index (χ3v) is 4.81. The van der Waals surface area contributed by atoms with Crippen LogP contribution in [-0.4, -0.2) is 0 Å². The van der Waals surface area contributed by atoms with Crippen molar-refractivity contribution < 1.29 is 0 Å². The molecule has 2 aromatic heterocycles. The second-order valence-corrected chi connectivity index (χ2v) is 6.65. The van der Waals surface area contributed by atoms with Crippen molar-refractivity contribution in [2.75, 3.05) is 0 Å². The minimum Gasteiger partial charge on any atom is -0.305 e. The Kier molecular flexibility index (Phi) is 3.97. The van der Waals surface area contributed by atoms with Gasteiger partial charge in [0.1, 0.15) is 0 Å². The fourth-order valence-electron chi connectivity index (χ4n) is 1.35. The third-order valence-electron chi connectivity index (χ3n) is 2.20. The van der Waals surface area contributed by atoms with Gasteiger partial charge in [-0.25, -0.2) is 0 Å². The average molecular weight is 302 g/mol. The van der Waals surface area contributed by atoms with Gasteiger partial charge >= 0.3 is 0 Å². The molecule has 0 bridgehead atoms. The lowest BCUT2D eigenvalue weighted by molar-refractivity contribution is 0.583. The number of nitrogens with one attached hydrogen (secondary N) is 1. The first-order valence-electron chi connectivity index (χ1n) is 4.75. The molecule has 0 aliphatic heterocycles. The van der Waals surface area contributed by atoms with Gasteiger partial charge in [0.2, 0.25) is 0 Å². The van der Waals surface area contributed by atoms with Gasteiger partial charge in [-0.05, 0) is 51.3 Å². The summed E-state index contributed by atoms with van der Waals surface area (Å²) in [6, 6.07) is 6.87. The van der Waals surface area contributed by atoms with Crippen LogP contribution in [0, 0.1) is 0 Å². The normalized spacial score (nSPS) is 12.9. The number of thiophene rings is 2. The first-order valence-corrected chi connectivity index (χ1v) is 7.30. The van der Waals surface area contributed by atoms with E-state index >= 15 is 0 Å². The molecule has 0 amide bonds. The summed E-state index contributed by atoms with van der Waals surface area (Å²) in [5.41, 5.74) is 1.34. The van der Waals surface area contributed by atoms with Crippen LogP contribution in [0.4, 0.5) is 0 Å². The summed E-state index contributed by atoms with van der Waals surface area (Å²) in [5.74, 6) is 0. The number of hydrogen-bond donors (Lipinski definition) is 1. The highest BCUT2D eigenvalue weighted by molar-refractivity contribution is 9.11. The van der Waals surface area contributed by atoms with Crippen LogP contribution in [-0.2, 0) is 6.54 Å². The summed E-state index contributed by atoms with van der Waals surface area (Å²) in [6.07, 6.45) is 0. The second-order valence-electron chi connectivity index (χ2n) is 3.38. The van der Waals surface area contributed by atoms with Crippen molar-refractivity contribution in [3.05, 3.63) is 43.2 Å². The summed E-state index contributed by atoms with van der Waals surface area (Å²) in [4.78, 5) is 1.39. The molecule has 2 heterocycles. The van der Waals surface area contributed by atoms with E-state index < -0.39 is 0 Å². The Bertz CT molecular complexity index is 408. The van der Waals surface area contributed by atoms with E-state index in [4.69, 9.17) is 0 Å². The number of rotatable bonds is 4. The molecule has 0 spiro atoms. The monoisotopic (exact) mass is 301 g/mol. The molecule has 1 N–H and O–H groups in total. The zero-order valence-electron chi connectivity index (χ0n) is 8.37. The Morgan fingerprint density at radius 2 is 2.33 bits per heavy atom. The van der Waals surface area contributed by atoms with Crippen LogP contribution in [0.2, 0.25) is 0 Å². The van der Waals surface area contributed by atoms with Crippen molar-refractivity contribution in [2.45, 2.75) is 19.5 Å². The van der Waals surface area contributed by atoms with E-state index in [0.717, 1.165) is 6.54 Å². The van der Waals surface area contributed by atoms with Crippen LogP contribution >= 0.6 is 38.6 Å². The van der Waals surface area contributed by atoms with Gasteiger partial charge in [-0.1, -0.05) is 6.07 Å². The van der Waals surface area contributed by atoms with Gasteiger partial charge in [0.15, 0.2) is 0 Å². The van der Waals surface area contributed by atoms with Gasteiger partial charge in [0, 0.05) is 17.5 Å². The Labute approximate surface area is 106 Å². The van der Waals surface area contributed by atoms with E-state index in [1.54, 1.807) is 22.7 Å². The van der Waals surface area contributed by atoms with Crippen molar-refractivity contribution >= 4 is 38.6 Å². The minimum absolute atomic E-state index is 0.434. The third kappa shape index (κ3) is 3.14. The van der Waals surface area contributed by atoms with Crippen molar-refractivity contribution in [1.29, 1.82) is 0 Å². The van der Waals surface area contributed by atoms with E-state index in [1.165, 1.54) is 14.2 Å². The minimum atomic E-state index is 0.434. The topological polar surface area (TPSA) is 12.0 Å². The molecule has 15 heavy (non-hydrogen) atoms. The lowest BCUT2D eigenvalue weighted by Gasteiger charge is -2.10. The molecule has 0 saturated heterocycles. The average Bonchev–Trinajstić information content (AvgIpc) is 2.84. The summed E-state index contributed by atoms with van der Waals surface area (Å²) >= 11 is 7.01. The summed E-state index contributed by atoms with van der Waals surface area (Å²) in [7, 11) is 0. The predicted octanol–water partition coefficient (Wildman–Crippen LogP) is 4.42. The van der Waals surface area contributed by atoms with E-state index in [1.807, 2.05) is 0 Å². The molecule has 4 heteroatoms. The van der Waals surface area contributed by atoms with Crippen molar-refractivity contribution in [3.8, 4) is 0 Å². The molecule has 1 atom stereocenters. The van der Waals surface area contributed by atoms with Crippen LogP contribution in [0.15, 0.2) is 32.7 Å². The molecule has 0 saturated carbocycles. The molecule has 0 aliphatic rings. The Morgan fingerprint density at radius 1 is 1.47 bits per heavy atom. The molecule has 0 aliphatic carbocycles. The number of halogens is 1. The van der Waals surface area contributed by atoms with Gasteiger partial charge in [0.05, 0.1) is 3.79 Å². The Hall–Kier alpha value is -0.160. The fourth-order valence-corrected chi connectivity index (χ4v) is 3.32. The molecule has 80 valence electrons. The standard InChI is InChI=1S/C11H12BrNS2/c1-8(10-3-2-4-14-10)13-6-9-5-11(12)15-7-9/h2-5,7-8,13H,6H2,1H3/t8-/m1/s1. The Morgan fingerprint density at radius 3 is 2.93 bits per heavy atom. The molecule has 2 rings (SSSR count). The van der Waals surface area contributed by atoms with Gasteiger partial charge in [-0.3, -0.25) is 0 Å². The van der Waals surface area contributed by atoms with E-state index in [9.17, 15) is 0 Å². The van der Waals surface area contributed by atoms with Gasteiger partial charge < -0.3 is 5.32 Å². The summed E-state index contributed by atoms with van der Waals surface area (Å²) in [5, 5.41) is 7.81. The quantitative estimate of drug-likeness (QED) is 0.881. The predicted molar refractivity (Wildman–Crippen MR) is 71.6 cm³/mol. The van der Waals surface area contributed by atoms with Crippen LogP contribution in [0.25, 0.3) is 0 Å². The smallest absolute Gasteiger partial charge is 0.0701 e. The molecule has 0 unspecified atom stereocenters. The SMILES string of the molecule is C[C@@H](NCc1csc(Br)c1)c1cccs1. The number of hydrogen-bond acceptors (Lipinski definition) is 3. The van der Waals surface area contributed by atoms with Gasteiger partial charge in [-0.2, -0.15) is 0 Å². The highest BCUT2D eigenvalue weighted by atomic mass is 79.9. The maximum Gasteiger partial charge on any atom is 0.0701 e. The maximum absolute atomic E-state index is 3.51. The second kappa shape index (κ2) is 5.25. The largest absolute Gasteiger partial charge is 0.305 e. The molecule has 1 nitrogen and oxygen atoms in total. The first-order chi connectivity index (χ1) is 7.25. The van der Waals surface area contributed by atoms with E-state index in [-0.39, 0.29) is 0 Å². The summed E-state index contributed by atoms with van der Waals surface area (Å²) < 4.78 is 1.20. The molecule has 2 aromatic rings. The zero-order chi connectivity index (χ0) is 10.7. The van der Waals surface area contributed by atoms with Crippen molar-refractivity contribution in [1.82, 2.24) is 5.32 Å². The fraction of sp³-hybridized carbons (Fsp3) is 0.273. The lowest BCUT2D eigenvalue weighted by Crippen LogP contribution is -2.16. The van der Waals surface area contributed by atoms with Crippen LogP contribution in [0.3, 0.4) is 0 Å². The van der Waals surface area contributed by atoms with Crippen LogP contribution in [0.1, 0.15) is 23.4 Å². The molecule has 0 radical (unpaired) electrons. The highest BCUT2D eigenvalue weighted by Crippen LogP contribution is 2.22. The molecular formula is C11H12BrNS2. The van der Waals surface area contributed by atoms with E-state index in [0.29, 0.717) is 6.04 Å². The highest BCUT2D eigenvalue weighted by Gasteiger charge is 2.05. The Balaban J connectivity index is 1.88. The van der Waals surface area contributed by atoms with Crippen LogP contribution in [0.5, 0.6) is 0 Å². The lowest BCUT2D eigenvalue weighted by atomic mass is 10.2. The van der Waals surface area contributed by atoms with Gasteiger partial charge in [-0.15, -0.1) is 22.7 Å².